The highest BCUT2D eigenvalue weighted by Gasteiger charge is 2.28. The second-order valence-electron chi connectivity index (χ2n) is 4.49. The van der Waals surface area contributed by atoms with E-state index >= 15 is 0 Å². The molecule has 20 heavy (non-hydrogen) atoms. The van der Waals surface area contributed by atoms with Gasteiger partial charge in [-0.25, -0.2) is 0 Å². The normalized spacial score (nSPS) is 18.1. The highest BCUT2D eigenvalue weighted by molar-refractivity contribution is 6.42. The van der Waals surface area contributed by atoms with Crippen LogP contribution in [-0.2, 0) is 4.74 Å². The number of halogens is 2. The molecule has 1 atom stereocenters. The van der Waals surface area contributed by atoms with Crippen molar-refractivity contribution in [2.45, 2.75) is 6.04 Å². The minimum absolute atomic E-state index is 0.104. The first-order chi connectivity index (χ1) is 9.75. The Balaban J connectivity index is 1.98. The standard InChI is InChI=1S/C12H13Cl2N5O/c13-9-2-1-8(7-10(9)14)11(12-15-17-18-16-12)19-3-5-20-6-4-19/h1-2,7,11H,3-6H2,(H,15,16,17,18). The zero-order valence-electron chi connectivity index (χ0n) is 10.6. The molecule has 0 saturated carbocycles. The van der Waals surface area contributed by atoms with Gasteiger partial charge in [0.05, 0.1) is 29.3 Å². The molecular formula is C12H13Cl2N5O. The van der Waals surface area contributed by atoms with E-state index in [1.54, 1.807) is 6.07 Å². The van der Waals surface area contributed by atoms with Crippen LogP contribution in [0.2, 0.25) is 10.0 Å². The number of aromatic amines is 1. The fraction of sp³-hybridized carbons (Fsp3) is 0.417. The molecule has 1 unspecified atom stereocenters. The number of morpholine rings is 1. The molecule has 0 radical (unpaired) electrons. The smallest absolute Gasteiger partial charge is 0.196 e. The number of hydrogen-bond acceptors (Lipinski definition) is 5. The van der Waals surface area contributed by atoms with E-state index in [0.717, 1.165) is 18.7 Å². The molecule has 1 saturated heterocycles. The van der Waals surface area contributed by atoms with E-state index in [0.29, 0.717) is 29.1 Å². The molecule has 106 valence electrons. The summed E-state index contributed by atoms with van der Waals surface area (Å²) in [6.45, 7) is 2.99. The van der Waals surface area contributed by atoms with Crippen molar-refractivity contribution in [1.29, 1.82) is 0 Å². The Kier molecular flexibility index (Phi) is 4.16. The molecule has 8 heteroatoms. The lowest BCUT2D eigenvalue weighted by atomic mass is 10.0. The molecule has 1 aromatic carbocycles. The molecule has 3 rings (SSSR count). The van der Waals surface area contributed by atoms with Crippen molar-refractivity contribution in [3.8, 4) is 0 Å². The van der Waals surface area contributed by atoms with Gasteiger partial charge in [-0.05, 0) is 17.7 Å². The van der Waals surface area contributed by atoms with Crippen molar-refractivity contribution in [3.05, 3.63) is 39.6 Å². The maximum absolute atomic E-state index is 6.12. The summed E-state index contributed by atoms with van der Waals surface area (Å²) in [7, 11) is 0. The predicted octanol–water partition coefficient (Wildman–Crippen LogP) is 1.93. The maximum Gasteiger partial charge on any atom is 0.196 e. The SMILES string of the molecule is Clc1ccc(C(c2nn[nH]n2)N2CCOCC2)cc1Cl. The van der Waals surface area contributed by atoms with Crippen LogP contribution in [0.15, 0.2) is 18.2 Å². The Bertz CT molecular complexity index is 571. The lowest BCUT2D eigenvalue weighted by Gasteiger charge is -2.33. The maximum atomic E-state index is 6.12. The summed E-state index contributed by atoms with van der Waals surface area (Å²) in [5, 5.41) is 15.4. The van der Waals surface area contributed by atoms with E-state index in [1.807, 2.05) is 12.1 Å². The van der Waals surface area contributed by atoms with Crippen molar-refractivity contribution in [2.24, 2.45) is 0 Å². The average Bonchev–Trinajstić information content (AvgIpc) is 2.98. The Morgan fingerprint density at radius 2 is 2.00 bits per heavy atom. The number of aromatic nitrogens is 4. The van der Waals surface area contributed by atoms with Gasteiger partial charge in [-0.3, -0.25) is 4.90 Å². The average molecular weight is 314 g/mol. The molecule has 1 N–H and O–H groups in total. The van der Waals surface area contributed by atoms with Gasteiger partial charge in [-0.15, -0.1) is 10.2 Å². The molecule has 1 aliphatic rings. The topological polar surface area (TPSA) is 66.9 Å². The molecule has 0 spiro atoms. The summed E-state index contributed by atoms with van der Waals surface area (Å²) in [6.07, 6.45) is 0. The largest absolute Gasteiger partial charge is 0.379 e. The van der Waals surface area contributed by atoms with Crippen molar-refractivity contribution in [3.63, 3.8) is 0 Å². The van der Waals surface area contributed by atoms with E-state index < -0.39 is 0 Å². The molecular weight excluding hydrogens is 301 g/mol. The Labute approximate surface area is 126 Å². The van der Waals surface area contributed by atoms with E-state index in [9.17, 15) is 0 Å². The first-order valence-electron chi connectivity index (χ1n) is 6.26. The van der Waals surface area contributed by atoms with Crippen LogP contribution in [0.4, 0.5) is 0 Å². The zero-order chi connectivity index (χ0) is 13.9. The molecule has 0 aliphatic carbocycles. The quantitative estimate of drug-likeness (QED) is 0.937. The third-order valence-corrected chi connectivity index (χ3v) is 4.02. The molecule has 2 heterocycles. The Hall–Kier alpha value is -1.21. The molecule has 2 aromatic rings. The van der Waals surface area contributed by atoms with Crippen LogP contribution in [0.25, 0.3) is 0 Å². The van der Waals surface area contributed by atoms with Gasteiger partial charge in [0.15, 0.2) is 5.82 Å². The number of ether oxygens (including phenoxy) is 1. The number of nitrogens with one attached hydrogen (secondary N) is 1. The second-order valence-corrected chi connectivity index (χ2v) is 5.31. The van der Waals surface area contributed by atoms with E-state index in [2.05, 4.69) is 25.5 Å². The summed E-state index contributed by atoms with van der Waals surface area (Å²) >= 11 is 12.1. The number of tetrazole rings is 1. The van der Waals surface area contributed by atoms with Gasteiger partial charge in [-0.1, -0.05) is 34.5 Å². The van der Waals surface area contributed by atoms with E-state index in [-0.39, 0.29) is 6.04 Å². The van der Waals surface area contributed by atoms with Crippen LogP contribution < -0.4 is 0 Å². The lowest BCUT2D eigenvalue weighted by molar-refractivity contribution is 0.0224. The summed E-state index contributed by atoms with van der Waals surface area (Å²) in [5.74, 6) is 0.616. The minimum Gasteiger partial charge on any atom is -0.379 e. The van der Waals surface area contributed by atoms with Gasteiger partial charge in [0.2, 0.25) is 0 Å². The van der Waals surface area contributed by atoms with Gasteiger partial charge in [0.25, 0.3) is 0 Å². The van der Waals surface area contributed by atoms with Crippen molar-refractivity contribution in [1.82, 2.24) is 25.5 Å². The zero-order valence-corrected chi connectivity index (χ0v) is 12.1. The van der Waals surface area contributed by atoms with Gasteiger partial charge < -0.3 is 4.74 Å². The van der Waals surface area contributed by atoms with Gasteiger partial charge >= 0.3 is 0 Å². The highest BCUT2D eigenvalue weighted by Crippen LogP contribution is 2.31. The molecule has 1 aliphatic heterocycles. The fourth-order valence-corrected chi connectivity index (χ4v) is 2.63. The fourth-order valence-electron chi connectivity index (χ4n) is 2.33. The molecule has 1 aromatic heterocycles. The first kappa shape index (κ1) is 13.8. The van der Waals surface area contributed by atoms with Crippen LogP contribution in [0.5, 0.6) is 0 Å². The summed E-state index contributed by atoms with van der Waals surface area (Å²) in [6, 6.07) is 5.46. The van der Waals surface area contributed by atoms with Crippen LogP contribution in [0.1, 0.15) is 17.4 Å². The molecule has 0 bridgehead atoms. The molecule has 6 nitrogen and oxygen atoms in total. The summed E-state index contributed by atoms with van der Waals surface area (Å²) < 4.78 is 5.39. The monoisotopic (exact) mass is 313 g/mol. The lowest BCUT2D eigenvalue weighted by Crippen LogP contribution is -2.40. The summed E-state index contributed by atoms with van der Waals surface area (Å²) in [4.78, 5) is 2.24. The third kappa shape index (κ3) is 2.78. The second kappa shape index (κ2) is 6.05. The van der Waals surface area contributed by atoms with Crippen LogP contribution >= 0.6 is 23.2 Å². The van der Waals surface area contributed by atoms with E-state index in [4.69, 9.17) is 27.9 Å². The predicted molar refractivity (Wildman–Crippen MR) is 74.9 cm³/mol. The van der Waals surface area contributed by atoms with Crippen LogP contribution in [0, 0.1) is 0 Å². The Morgan fingerprint density at radius 1 is 1.20 bits per heavy atom. The number of hydrogen-bond donors (Lipinski definition) is 1. The highest BCUT2D eigenvalue weighted by atomic mass is 35.5. The number of nitrogens with zero attached hydrogens (tertiary/aromatic N) is 4. The van der Waals surface area contributed by atoms with E-state index in [1.165, 1.54) is 0 Å². The number of benzene rings is 1. The summed E-state index contributed by atoms with van der Waals surface area (Å²) in [5.41, 5.74) is 0.989. The molecule has 0 amide bonds. The van der Waals surface area contributed by atoms with Crippen molar-refractivity contribution >= 4 is 23.2 Å². The van der Waals surface area contributed by atoms with Crippen molar-refractivity contribution in [2.75, 3.05) is 26.3 Å². The first-order valence-corrected chi connectivity index (χ1v) is 7.01. The van der Waals surface area contributed by atoms with Crippen LogP contribution in [-0.4, -0.2) is 51.8 Å². The van der Waals surface area contributed by atoms with Crippen molar-refractivity contribution < 1.29 is 4.74 Å². The van der Waals surface area contributed by atoms with Gasteiger partial charge in [0, 0.05) is 13.1 Å². The van der Waals surface area contributed by atoms with Gasteiger partial charge in [-0.2, -0.15) is 5.21 Å². The number of H-pyrrole nitrogens is 1. The van der Waals surface area contributed by atoms with Crippen LogP contribution in [0.3, 0.4) is 0 Å². The minimum atomic E-state index is -0.104. The third-order valence-electron chi connectivity index (χ3n) is 3.28. The Morgan fingerprint density at radius 3 is 2.65 bits per heavy atom. The number of rotatable bonds is 3. The molecule has 1 fully saturated rings. The van der Waals surface area contributed by atoms with Gasteiger partial charge in [0.1, 0.15) is 0 Å².